The molecule has 0 saturated carbocycles. The maximum absolute atomic E-state index is 11.6. The van der Waals surface area contributed by atoms with E-state index < -0.39 is 6.10 Å². The molecule has 0 aliphatic rings. The monoisotopic (exact) mass is 292 g/mol. The Morgan fingerprint density at radius 1 is 1.55 bits per heavy atom. The number of aliphatic hydroxyl groups excluding tert-OH is 1. The minimum atomic E-state index is -0.766. The van der Waals surface area contributed by atoms with Crippen LogP contribution < -0.4 is 10.1 Å². The molecule has 1 aromatic heterocycles. The summed E-state index contributed by atoms with van der Waals surface area (Å²) in [7, 11) is 0. The number of carbonyl (C=O) groups is 1. The molecule has 0 aliphatic carbocycles. The molecule has 1 atom stereocenters. The molecule has 6 heteroatoms. The molecule has 1 unspecified atom stereocenters. The molecule has 0 saturated heterocycles. The summed E-state index contributed by atoms with van der Waals surface area (Å²) in [5.41, 5.74) is 3.04. The Balaban J connectivity index is 1.73. The van der Waals surface area contributed by atoms with Crippen molar-refractivity contribution in [3.05, 3.63) is 46.4 Å². The lowest BCUT2D eigenvalue weighted by atomic mass is 10.2. The van der Waals surface area contributed by atoms with Crippen LogP contribution in [0.15, 0.2) is 35.2 Å². The third-order valence-corrected chi connectivity index (χ3v) is 3.18. The van der Waals surface area contributed by atoms with Crippen LogP contribution in [0.3, 0.4) is 0 Å². The van der Waals surface area contributed by atoms with Crippen LogP contribution in [-0.2, 0) is 0 Å². The summed E-state index contributed by atoms with van der Waals surface area (Å²) in [6, 6.07) is 7.58. The maximum Gasteiger partial charge on any atom is 0.270 e. The van der Waals surface area contributed by atoms with Crippen LogP contribution in [0.1, 0.15) is 16.1 Å². The minimum Gasteiger partial charge on any atom is -0.491 e. The topological polar surface area (TPSA) is 71.5 Å². The molecular weight excluding hydrogens is 276 g/mol. The summed E-state index contributed by atoms with van der Waals surface area (Å²) >= 11 is 1.35. The van der Waals surface area contributed by atoms with Gasteiger partial charge in [0, 0.05) is 11.9 Å². The van der Waals surface area contributed by atoms with Gasteiger partial charge in [0.25, 0.3) is 5.91 Å². The van der Waals surface area contributed by atoms with Crippen molar-refractivity contribution < 1.29 is 14.6 Å². The SMILES string of the molecule is Cc1cccc(OCC(O)CNC(=O)c2cscn2)c1. The van der Waals surface area contributed by atoms with Crippen molar-refractivity contribution in [2.75, 3.05) is 13.2 Å². The van der Waals surface area contributed by atoms with Crippen molar-refractivity contribution in [3.63, 3.8) is 0 Å². The average molecular weight is 292 g/mol. The van der Waals surface area contributed by atoms with Gasteiger partial charge in [-0.3, -0.25) is 4.79 Å². The van der Waals surface area contributed by atoms with Gasteiger partial charge in [-0.2, -0.15) is 0 Å². The highest BCUT2D eigenvalue weighted by Crippen LogP contribution is 2.12. The third-order valence-electron chi connectivity index (χ3n) is 2.60. The number of carbonyl (C=O) groups excluding carboxylic acids is 1. The number of ether oxygens (including phenoxy) is 1. The number of thiazole rings is 1. The van der Waals surface area contributed by atoms with Crippen molar-refractivity contribution >= 4 is 17.2 Å². The Labute approximate surface area is 121 Å². The molecule has 2 aromatic rings. The van der Waals surface area contributed by atoms with Gasteiger partial charge in [0.15, 0.2) is 0 Å². The molecule has 0 spiro atoms. The number of benzene rings is 1. The van der Waals surface area contributed by atoms with Gasteiger partial charge < -0.3 is 15.2 Å². The van der Waals surface area contributed by atoms with Crippen molar-refractivity contribution in [1.29, 1.82) is 0 Å². The first-order valence-electron chi connectivity index (χ1n) is 6.19. The quantitative estimate of drug-likeness (QED) is 0.848. The molecule has 2 N–H and O–H groups in total. The fourth-order valence-corrected chi connectivity index (χ4v) is 2.11. The summed E-state index contributed by atoms with van der Waals surface area (Å²) in [5.74, 6) is 0.413. The summed E-state index contributed by atoms with van der Waals surface area (Å²) in [4.78, 5) is 15.5. The molecule has 1 aromatic carbocycles. The van der Waals surface area contributed by atoms with E-state index in [2.05, 4.69) is 10.3 Å². The summed E-state index contributed by atoms with van der Waals surface area (Å²) in [6.45, 7) is 2.22. The Bertz CT molecular complexity index is 557. The number of aryl methyl sites for hydroxylation is 1. The minimum absolute atomic E-state index is 0.126. The molecule has 0 bridgehead atoms. The predicted molar refractivity (Wildman–Crippen MR) is 77.1 cm³/mol. The Morgan fingerprint density at radius 2 is 2.40 bits per heavy atom. The lowest BCUT2D eigenvalue weighted by molar-refractivity contribution is 0.0840. The van der Waals surface area contributed by atoms with E-state index in [1.54, 1.807) is 10.9 Å². The summed E-state index contributed by atoms with van der Waals surface area (Å²) < 4.78 is 5.46. The van der Waals surface area contributed by atoms with E-state index in [9.17, 15) is 9.90 Å². The highest BCUT2D eigenvalue weighted by molar-refractivity contribution is 7.07. The average Bonchev–Trinajstić information content (AvgIpc) is 2.97. The van der Waals surface area contributed by atoms with Gasteiger partial charge in [-0.15, -0.1) is 11.3 Å². The van der Waals surface area contributed by atoms with Gasteiger partial charge >= 0.3 is 0 Å². The van der Waals surface area contributed by atoms with E-state index in [1.807, 2.05) is 31.2 Å². The van der Waals surface area contributed by atoms with Gasteiger partial charge in [0.1, 0.15) is 24.2 Å². The van der Waals surface area contributed by atoms with Gasteiger partial charge in [-0.25, -0.2) is 4.98 Å². The van der Waals surface area contributed by atoms with Crippen molar-refractivity contribution in [1.82, 2.24) is 10.3 Å². The van der Waals surface area contributed by atoms with E-state index in [4.69, 9.17) is 4.74 Å². The van der Waals surface area contributed by atoms with Crippen LogP contribution in [0.5, 0.6) is 5.75 Å². The molecule has 0 fully saturated rings. The highest BCUT2D eigenvalue weighted by Gasteiger charge is 2.11. The van der Waals surface area contributed by atoms with E-state index in [-0.39, 0.29) is 19.1 Å². The smallest absolute Gasteiger partial charge is 0.270 e. The largest absolute Gasteiger partial charge is 0.491 e. The lowest BCUT2D eigenvalue weighted by Crippen LogP contribution is -2.35. The van der Waals surface area contributed by atoms with Gasteiger partial charge in [-0.1, -0.05) is 12.1 Å². The Morgan fingerprint density at radius 3 is 3.10 bits per heavy atom. The first-order valence-corrected chi connectivity index (χ1v) is 7.13. The predicted octanol–water partition coefficient (Wildman–Crippen LogP) is 1.62. The number of hydrogen-bond donors (Lipinski definition) is 2. The van der Waals surface area contributed by atoms with E-state index in [0.717, 1.165) is 5.56 Å². The number of amides is 1. The third kappa shape index (κ3) is 4.32. The normalized spacial score (nSPS) is 11.9. The number of aliphatic hydroxyl groups is 1. The second kappa shape index (κ2) is 7.02. The molecule has 1 amide bonds. The van der Waals surface area contributed by atoms with Crippen LogP contribution in [0.25, 0.3) is 0 Å². The fourth-order valence-electron chi connectivity index (χ4n) is 1.58. The zero-order valence-corrected chi connectivity index (χ0v) is 11.9. The Hall–Kier alpha value is -1.92. The number of aromatic nitrogens is 1. The molecule has 0 aliphatic heterocycles. The standard InChI is InChI=1S/C14H16N2O3S/c1-10-3-2-4-12(5-10)19-7-11(17)6-15-14(18)13-8-20-9-16-13/h2-5,8-9,11,17H,6-7H2,1H3,(H,15,18). The highest BCUT2D eigenvalue weighted by atomic mass is 32.1. The lowest BCUT2D eigenvalue weighted by Gasteiger charge is -2.13. The van der Waals surface area contributed by atoms with Crippen LogP contribution in [0.2, 0.25) is 0 Å². The first-order chi connectivity index (χ1) is 9.65. The number of nitrogens with zero attached hydrogens (tertiary/aromatic N) is 1. The number of nitrogens with one attached hydrogen (secondary N) is 1. The van der Waals surface area contributed by atoms with Gasteiger partial charge in [-0.05, 0) is 24.6 Å². The number of hydrogen-bond acceptors (Lipinski definition) is 5. The van der Waals surface area contributed by atoms with E-state index in [0.29, 0.717) is 11.4 Å². The number of rotatable bonds is 6. The van der Waals surface area contributed by atoms with Crippen LogP contribution >= 0.6 is 11.3 Å². The second-order valence-electron chi connectivity index (χ2n) is 4.37. The summed E-state index contributed by atoms with van der Waals surface area (Å²) in [5, 5.41) is 14.0. The molecule has 1 heterocycles. The molecule has 2 rings (SSSR count). The fraction of sp³-hybridized carbons (Fsp3) is 0.286. The zero-order valence-electron chi connectivity index (χ0n) is 11.1. The zero-order chi connectivity index (χ0) is 14.4. The van der Waals surface area contributed by atoms with Crippen LogP contribution in [-0.4, -0.2) is 35.3 Å². The first kappa shape index (κ1) is 14.5. The van der Waals surface area contributed by atoms with Crippen molar-refractivity contribution in [3.8, 4) is 5.75 Å². The van der Waals surface area contributed by atoms with Gasteiger partial charge in [0.2, 0.25) is 0 Å². The van der Waals surface area contributed by atoms with Crippen LogP contribution in [0, 0.1) is 6.92 Å². The molecule has 106 valence electrons. The van der Waals surface area contributed by atoms with Crippen molar-refractivity contribution in [2.24, 2.45) is 0 Å². The van der Waals surface area contributed by atoms with E-state index in [1.165, 1.54) is 11.3 Å². The maximum atomic E-state index is 11.6. The van der Waals surface area contributed by atoms with Gasteiger partial charge in [0.05, 0.1) is 5.51 Å². The summed E-state index contributed by atoms with van der Waals surface area (Å²) in [6.07, 6.45) is -0.766. The molecular formula is C14H16N2O3S. The van der Waals surface area contributed by atoms with Crippen LogP contribution in [0.4, 0.5) is 0 Å². The Kier molecular flexibility index (Phi) is 5.09. The molecule has 20 heavy (non-hydrogen) atoms. The second-order valence-corrected chi connectivity index (χ2v) is 5.08. The molecule has 0 radical (unpaired) electrons. The van der Waals surface area contributed by atoms with Crippen molar-refractivity contribution in [2.45, 2.75) is 13.0 Å². The van der Waals surface area contributed by atoms with E-state index >= 15 is 0 Å². The molecule has 5 nitrogen and oxygen atoms in total.